The van der Waals surface area contributed by atoms with Gasteiger partial charge in [-0.2, -0.15) is 0 Å². The zero-order chi connectivity index (χ0) is 29.7. The van der Waals surface area contributed by atoms with Crippen molar-refractivity contribution in [1.29, 1.82) is 0 Å². The van der Waals surface area contributed by atoms with E-state index < -0.39 is 28.5 Å². The van der Waals surface area contributed by atoms with Crippen molar-refractivity contribution in [2.75, 3.05) is 30.2 Å². The highest BCUT2D eigenvalue weighted by Crippen LogP contribution is 2.23. The van der Waals surface area contributed by atoms with E-state index in [4.69, 9.17) is 4.74 Å². The summed E-state index contributed by atoms with van der Waals surface area (Å²) in [5.74, 6) is -0.0851. The molecule has 0 aliphatic heterocycles. The first kappa shape index (κ1) is 31.7. The molecule has 41 heavy (non-hydrogen) atoms. The van der Waals surface area contributed by atoms with Gasteiger partial charge in [0.05, 0.1) is 11.9 Å². The van der Waals surface area contributed by atoms with Crippen molar-refractivity contribution >= 4 is 27.5 Å². The Kier molecular flexibility index (Phi) is 12.2. The molecular formula is C32H41N3O5S. The largest absolute Gasteiger partial charge is 0.489 e. The third-order valence-electron chi connectivity index (χ3n) is 6.75. The van der Waals surface area contributed by atoms with Crippen molar-refractivity contribution in [3.63, 3.8) is 0 Å². The molecule has 0 spiro atoms. The molecule has 9 heteroatoms. The minimum absolute atomic E-state index is 0.229. The molecule has 0 aromatic heterocycles. The predicted octanol–water partition coefficient (Wildman–Crippen LogP) is 4.80. The Morgan fingerprint density at radius 2 is 1.49 bits per heavy atom. The van der Waals surface area contributed by atoms with E-state index in [0.717, 1.165) is 34.5 Å². The molecule has 0 bridgehead atoms. The Labute approximate surface area is 244 Å². The van der Waals surface area contributed by atoms with Gasteiger partial charge in [0.2, 0.25) is 21.8 Å². The summed E-state index contributed by atoms with van der Waals surface area (Å²) in [7, 11) is -3.81. The minimum atomic E-state index is -3.81. The zero-order valence-corrected chi connectivity index (χ0v) is 25.0. The number of carbonyl (C=O) groups is 2. The monoisotopic (exact) mass is 579 g/mol. The van der Waals surface area contributed by atoms with Crippen molar-refractivity contribution in [2.45, 2.75) is 52.2 Å². The number of carbonyl (C=O) groups excluding carboxylic acids is 2. The molecule has 0 heterocycles. The maximum atomic E-state index is 13.8. The van der Waals surface area contributed by atoms with Gasteiger partial charge in [0.1, 0.15) is 24.9 Å². The van der Waals surface area contributed by atoms with Crippen molar-refractivity contribution in [3.8, 4) is 5.75 Å². The van der Waals surface area contributed by atoms with E-state index >= 15 is 0 Å². The van der Waals surface area contributed by atoms with E-state index in [-0.39, 0.29) is 12.5 Å². The molecule has 2 amide bonds. The van der Waals surface area contributed by atoms with Crippen LogP contribution in [0.15, 0.2) is 84.9 Å². The van der Waals surface area contributed by atoms with Crippen LogP contribution < -0.4 is 14.4 Å². The molecule has 220 valence electrons. The SMILES string of the molecule is CCCCNC(=O)C(CC)N(CCc1ccccc1)C(=O)CN(c1ccc(OCc2ccccc2)cc1)S(C)(=O)=O. The van der Waals surface area contributed by atoms with E-state index in [9.17, 15) is 18.0 Å². The molecule has 3 aromatic rings. The summed E-state index contributed by atoms with van der Waals surface area (Å²) in [6.45, 7) is 4.67. The fraction of sp³-hybridized carbons (Fsp3) is 0.375. The van der Waals surface area contributed by atoms with Gasteiger partial charge in [-0.15, -0.1) is 0 Å². The molecule has 0 fully saturated rings. The lowest BCUT2D eigenvalue weighted by molar-refractivity contribution is -0.139. The summed E-state index contributed by atoms with van der Waals surface area (Å²) in [5.41, 5.74) is 2.38. The molecule has 0 aliphatic rings. The number of amides is 2. The second-order valence-corrected chi connectivity index (χ2v) is 11.8. The second-order valence-electron chi connectivity index (χ2n) is 9.93. The Morgan fingerprint density at radius 3 is 2.05 bits per heavy atom. The fourth-order valence-corrected chi connectivity index (χ4v) is 5.31. The normalized spacial score (nSPS) is 11.9. The first-order valence-electron chi connectivity index (χ1n) is 14.1. The van der Waals surface area contributed by atoms with E-state index in [0.29, 0.717) is 37.4 Å². The predicted molar refractivity (Wildman–Crippen MR) is 163 cm³/mol. The van der Waals surface area contributed by atoms with Crippen LogP contribution in [0.25, 0.3) is 0 Å². The van der Waals surface area contributed by atoms with Crippen LogP contribution in [0.1, 0.15) is 44.2 Å². The Bertz CT molecular complexity index is 1330. The third kappa shape index (κ3) is 9.93. The number of nitrogens with one attached hydrogen (secondary N) is 1. The van der Waals surface area contributed by atoms with Gasteiger partial charge in [0.15, 0.2) is 0 Å². The molecule has 1 N–H and O–H groups in total. The molecule has 0 saturated carbocycles. The topological polar surface area (TPSA) is 96.0 Å². The van der Waals surface area contributed by atoms with Crippen molar-refractivity contribution in [3.05, 3.63) is 96.1 Å². The zero-order valence-electron chi connectivity index (χ0n) is 24.2. The molecular weight excluding hydrogens is 538 g/mol. The molecule has 3 rings (SSSR count). The van der Waals surface area contributed by atoms with Gasteiger partial charge in [-0.1, -0.05) is 80.9 Å². The number of benzene rings is 3. The number of sulfonamides is 1. The second kappa shape index (κ2) is 15.8. The lowest BCUT2D eigenvalue weighted by Crippen LogP contribution is -2.53. The Hall–Kier alpha value is -3.85. The van der Waals surface area contributed by atoms with Crippen LogP contribution in [0, 0.1) is 0 Å². The van der Waals surface area contributed by atoms with Gasteiger partial charge in [0.25, 0.3) is 0 Å². The molecule has 0 saturated heterocycles. The highest BCUT2D eigenvalue weighted by atomic mass is 32.2. The summed E-state index contributed by atoms with van der Waals surface area (Å²) < 4.78 is 32.6. The third-order valence-corrected chi connectivity index (χ3v) is 7.89. The first-order valence-corrected chi connectivity index (χ1v) is 15.9. The molecule has 1 atom stereocenters. The molecule has 8 nitrogen and oxygen atoms in total. The lowest BCUT2D eigenvalue weighted by Gasteiger charge is -2.33. The van der Waals surface area contributed by atoms with E-state index in [1.165, 1.54) is 4.90 Å². The minimum Gasteiger partial charge on any atom is -0.489 e. The molecule has 1 unspecified atom stereocenters. The van der Waals surface area contributed by atoms with Crippen LogP contribution in [0.4, 0.5) is 5.69 Å². The summed E-state index contributed by atoms with van der Waals surface area (Å²) in [4.78, 5) is 28.4. The quantitative estimate of drug-likeness (QED) is 0.246. The van der Waals surface area contributed by atoms with Crippen molar-refractivity contribution in [1.82, 2.24) is 10.2 Å². The summed E-state index contributed by atoms with van der Waals surface area (Å²) in [6.07, 6.45) is 3.80. The number of ether oxygens (including phenoxy) is 1. The standard InChI is InChI=1S/C32H41N3O5S/c1-4-6-22-33-32(37)30(5-2)34(23-21-26-13-9-7-10-14-26)31(36)24-35(41(3,38)39)28-17-19-29(20-18-28)40-25-27-15-11-8-12-16-27/h7-20,30H,4-6,21-25H2,1-3H3,(H,33,37). The van der Waals surface area contributed by atoms with Crippen LogP contribution in [0.3, 0.4) is 0 Å². The van der Waals surface area contributed by atoms with Crippen molar-refractivity contribution in [2.24, 2.45) is 0 Å². The fourth-order valence-electron chi connectivity index (χ4n) is 4.47. The number of anilines is 1. The van der Waals surface area contributed by atoms with Gasteiger partial charge in [-0.25, -0.2) is 8.42 Å². The van der Waals surface area contributed by atoms with E-state index in [1.807, 2.05) is 74.5 Å². The van der Waals surface area contributed by atoms with Gasteiger partial charge in [-0.3, -0.25) is 13.9 Å². The smallest absolute Gasteiger partial charge is 0.244 e. The summed E-state index contributed by atoms with van der Waals surface area (Å²) in [6, 6.07) is 25.3. The average molecular weight is 580 g/mol. The summed E-state index contributed by atoms with van der Waals surface area (Å²) >= 11 is 0. The van der Waals surface area contributed by atoms with Crippen LogP contribution in [0.2, 0.25) is 0 Å². The van der Waals surface area contributed by atoms with Crippen LogP contribution in [-0.4, -0.2) is 57.1 Å². The average Bonchev–Trinajstić information content (AvgIpc) is 2.97. The maximum Gasteiger partial charge on any atom is 0.244 e. The summed E-state index contributed by atoms with van der Waals surface area (Å²) in [5, 5.41) is 2.93. The molecule has 3 aromatic carbocycles. The van der Waals surface area contributed by atoms with Crippen molar-refractivity contribution < 1.29 is 22.7 Å². The van der Waals surface area contributed by atoms with Crippen LogP contribution >= 0.6 is 0 Å². The lowest BCUT2D eigenvalue weighted by atomic mass is 10.1. The van der Waals surface area contributed by atoms with Gasteiger partial charge in [0, 0.05) is 13.1 Å². The number of unbranched alkanes of at least 4 members (excludes halogenated alkanes) is 1. The number of hydrogen-bond acceptors (Lipinski definition) is 5. The highest BCUT2D eigenvalue weighted by Gasteiger charge is 2.31. The van der Waals surface area contributed by atoms with Gasteiger partial charge in [-0.05, 0) is 54.7 Å². The van der Waals surface area contributed by atoms with Gasteiger partial charge >= 0.3 is 0 Å². The molecule has 0 aliphatic carbocycles. The first-order chi connectivity index (χ1) is 19.7. The number of hydrogen-bond donors (Lipinski definition) is 1. The number of nitrogens with zero attached hydrogens (tertiary/aromatic N) is 2. The Balaban J connectivity index is 1.79. The Morgan fingerprint density at radius 1 is 0.878 bits per heavy atom. The van der Waals surface area contributed by atoms with Crippen LogP contribution in [-0.2, 0) is 32.6 Å². The van der Waals surface area contributed by atoms with E-state index in [2.05, 4.69) is 5.32 Å². The molecule has 0 radical (unpaired) electrons. The van der Waals surface area contributed by atoms with Crippen LogP contribution in [0.5, 0.6) is 5.75 Å². The number of rotatable bonds is 16. The highest BCUT2D eigenvalue weighted by molar-refractivity contribution is 7.92. The maximum absolute atomic E-state index is 13.8. The van der Waals surface area contributed by atoms with Gasteiger partial charge < -0.3 is 15.0 Å². The van der Waals surface area contributed by atoms with E-state index in [1.54, 1.807) is 24.3 Å².